The average molecular weight is 331 g/mol. The van der Waals surface area contributed by atoms with Crippen LogP contribution in [0.5, 0.6) is 0 Å². The smallest absolute Gasteiger partial charge is 0.416 e. The molecule has 0 heterocycles. The molecule has 5 nitrogen and oxygen atoms in total. The van der Waals surface area contributed by atoms with Gasteiger partial charge >= 0.3 is 12.1 Å². The zero-order valence-electron chi connectivity index (χ0n) is 12.0. The molecule has 1 aromatic carbocycles. The second kappa shape index (κ2) is 7.77. The average Bonchev–Trinajstić information content (AvgIpc) is 2.49. The number of nitrogens with one attached hydrogen (secondary N) is 1. The van der Waals surface area contributed by atoms with Crippen LogP contribution in [0, 0.1) is 0 Å². The molecule has 1 aromatic rings. The number of carbonyl (C=O) groups is 2. The Morgan fingerprint density at radius 1 is 1.26 bits per heavy atom. The number of aliphatic hydroxyl groups is 1. The minimum Gasteiger partial charge on any atom is -0.480 e. The Hall–Kier alpha value is -2.35. The standard InChI is InChI=1S/C15H16F3NO4/c1-2-3-4-11(14(22)23)19-13(21)12(20)9-5-7-10(8-6-9)15(16,17)18/h2,5-8,11-12,20H,1,3-4H2,(H,19,21)(H,22,23)/t11-,12+/m1/s1. The molecule has 0 radical (unpaired) electrons. The van der Waals surface area contributed by atoms with Crippen LogP contribution in [0.4, 0.5) is 13.2 Å². The van der Waals surface area contributed by atoms with Crippen LogP contribution in [-0.4, -0.2) is 28.1 Å². The lowest BCUT2D eigenvalue weighted by Crippen LogP contribution is -2.43. The number of carbonyl (C=O) groups excluding carboxylic acids is 1. The number of amides is 1. The molecule has 0 saturated carbocycles. The third-order valence-electron chi connectivity index (χ3n) is 3.08. The van der Waals surface area contributed by atoms with Gasteiger partial charge in [-0.3, -0.25) is 4.79 Å². The van der Waals surface area contributed by atoms with Crippen LogP contribution < -0.4 is 5.32 Å². The predicted molar refractivity (Wildman–Crippen MR) is 75.4 cm³/mol. The predicted octanol–water partition coefficient (Wildman–Crippen LogP) is 2.27. The molecule has 0 aliphatic rings. The molecule has 2 atom stereocenters. The lowest BCUT2D eigenvalue weighted by Gasteiger charge is -2.17. The SMILES string of the molecule is C=CCC[C@@H](NC(=O)[C@@H](O)c1ccc(C(F)(F)F)cc1)C(=O)O. The van der Waals surface area contributed by atoms with Crippen molar-refractivity contribution >= 4 is 11.9 Å². The normalized spacial score (nSPS) is 13.9. The van der Waals surface area contributed by atoms with Crippen molar-refractivity contribution in [2.24, 2.45) is 0 Å². The van der Waals surface area contributed by atoms with Gasteiger partial charge < -0.3 is 15.5 Å². The van der Waals surface area contributed by atoms with Crippen molar-refractivity contribution in [2.75, 3.05) is 0 Å². The van der Waals surface area contributed by atoms with Gasteiger partial charge in [0.15, 0.2) is 6.10 Å². The van der Waals surface area contributed by atoms with E-state index in [1.54, 1.807) is 0 Å². The number of hydrogen-bond acceptors (Lipinski definition) is 3. The third kappa shape index (κ3) is 5.41. The summed E-state index contributed by atoms with van der Waals surface area (Å²) >= 11 is 0. The summed E-state index contributed by atoms with van der Waals surface area (Å²) in [6, 6.07) is 2.18. The summed E-state index contributed by atoms with van der Waals surface area (Å²) in [5.74, 6) is -2.28. The molecule has 0 aliphatic heterocycles. The van der Waals surface area contributed by atoms with Crippen LogP contribution >= 0.6 is 0 Å². The second-order valence-corrected chi connectivity index (χ2v) is 4.79. The van der Waals surface area contributed by atoms with E-state index in [1.165, 1.54) is 6.08 Å². The molecule has 23 heavy (non-hydrogen) atoms. The molecule has 0 saturated heterocycles. The minimum absolute atomic E-state index is 0.0663. The van der Waals surface area contributed by atoms with E-state index < -0.39 is 35.8 Å². The molecule has 0 aliphatic carbocycles. The number of rotatable bonds is 7. The summed E-state index contributed by atoms with van der Waals surface area (Å²) in [5, 5.41) is 20.9. The van der Waals surface area contributed by atoms with Gasteiger partial charge in [-0.25, -0.2) is 4.79 Å². The summed E-state index contributed by atoms with van der Waals surface area (Å²) < 4.78 is 37.3. The van der Waals surface area contributed by atoms with E-state index in [1.807, 2.05) is 0 Å². The monoisotopic (exact) mass is 331 g/mol. The number of carboxylic acids is 1. The first-order valence-electron chi connectivity index (χ1n) is 6.66. The Labute approximate surface area is 130 Å². The summed E-state index contributed by atoms with van der Waals surface area (Å²) in [7, 11) is 0. The number of aliphatic carboxylic acids is 1. The zero-order valence-corrected chi connectivity index (χ0v) is 12.0. The fourth-order valence-corrected chi connectivity index (χ4v) is 1.80. The van der Waals surface area contributed by atoms with Crippen LogP contribution in [0.2, 0.25) is 0 Å². The van der Waals surface area contributed by atoms with Crippen LogP contribution in [-0.2, 0) is 15.8 Å². The van der Waals surface area contributed by atoms with Crippen molar-refractivity contribution in [2.45, 2.75) is 31.2 Å². The summed E-state index contributed by atoms with van der Waals surface area (Å²) in [4.78, 5) is 22.8. The minimum atomic E-state index is -4.52. The van der Waals surface area contributed by atoms with Gasteiger partial charge in [-0.2, -0.15) is 13.2 Å². The summed E-state index contributed by atoms with van der Waals surface area (Å²) in [6.45, 7) is 3.43. The van der Waals surface area contributed by atoms with Crippen LogP contribution in [0.15, 0.2) is 36.9 Å². The van der Waals surface area contributed by atoms with E-state index in [0.29, 0.717) is 6.42 Å². The maximum Gasteiger partial charge on any atom is 0.416 e. The van der Waals surface area contributed by atoms with Crippen molar-refractivity contribution in [1.82, 2.24) is 5.32 Å². The van der Waals surface area contributed by atoms with E-state index in [0.717, 1.165) is 24.3 Å². The number of carboxylic acid groups (broad SMARTS) is 1. The molecule has 0 bridgehead atoms. The van der Waals surface area contributed by atoms with Crippen LogP contribution in [0.3, 0.4) is 0 Å². The molecule has 126 valence electrons. The van der Waals surface area contributed by atoms with Crippen molar-refractivity contribution in [3.05, 3.63) is 48.0 Å². The van der Waals surface area contributed by atoms with Crippen molar-refractivity contribution in [1.29, 1.82) is 0 Å². The van der Waals surface area contributed by atoms with Gasteiger partial charge in [0.2, 0.25) is 0 Å². The Morgan fingerprint density at radius 3 is 2.26 bits per heavy atom. The topological polar surface area (TPSA) is 86.6 Å². The van der Waals surface area contributed by atoms with Crippen molar-refractivity contribution in [3.63, 3.8) is 0 Å². The Kier molecular flexibility index (Phi) is 6.32. The molecular weight excluding hydrogens is 315 g/mol. The quantitative estimate of drug-likeness (QED) is 0.669. The highest BCUT2D eigenvalue weighted by Gasteiger charge is 2.31. The molecule has 0 spiro atoms. The number of aliphatic hydroxyl groups excluding tert-OH is 1. The fourth-order valence-electron chi connectivity index (χ4n) is 1.80. The molecular formula is C15H16F3NO4. The lowest BCUT2D eigenvalue weighted by molar-refractivity contribution is -0.143. The largest absolute Gasteiger partial charge is 0.480 e. The van der Waals surface area contributed by atoms with Gasteiger partial charge in [0.05, 0.1) is 5.56 Å². The molecule has 0 unspecified atom stereocenters. The lowest BCUT2D eigenvalue weighted by atomic mass is 10.1. The maximum absolute atomic E-state index is 12.4. The molecule has 0 aromatic heterocycles. The first kappa shape index (κ1) is 18.7. The highest BCUT2D eigenvalue weighted by atomic mass is 19.4. The first-order valence-corrected chi connectivity index (χ1v) is 6.66. The Morgan fingerprint density at radius 2 is 1.83 bits per heavy atom. The van der Waals surface area contributed by atoms with E-state index in [-0.39, 0.29) is 12.0 Å². The molecule has 0 fully saturated rings. The Balaban J connectivity index is 2.79. The number of benzene rings is 1. The van der Waals surface area contributed by atoms with Gasteiger partial charge in [-0.15, -0.1) is 6.58 Å². The van der Waals surface area contributed by atoms with Crippen LogP contribution in [0.25, 0.3) is 0 Å². The number of alkyl halides is 3. The van der Waals surface area contributed by atoms with E-state index in [2.05, 4.69) is 11.9 Å². The van der Waals surface area contributed by atoms with E-state index >= 15 is 0 Å². The van der Waals surface area contributed by atoms with Crippen LogP contribution in [0.1, 0.15) is 30.1 Å². The fraction of sp³-hybridized carbons (Fsp3) is 0.333. The molecule has 1 rings (SSSR count). The molecule has 8 heteroatoms. The summed E-state index contributed by atoms with van der Waals surface area (Å²) in [5.41, 5.74) is -0.980. The second-order valence-electron chi connectivity index (χ2n) is 4.79. The highest BCUT2D eigenvalue weighted by molar-refractivity contribution is 5.86. The van der Waals surface area contributed by atoms with Gasteiger partial charge in [-0.1, -0.05) is 18.2 Å². The van der Waals surface area contributed by atoms with E-state index in [4.69, 9.17) is 5.11 Å². The Bertz CT molecular complexity index is 569. The molecule has 3 N–H and O–H groups in total. The van der Waals surface area contributed by atoms with Crippen molar-refractivity contribution in [3.8, 4) is 0 Å². The van der Waals surface area contributed by atoms with Gasteiger partial charge in [0, 0.05) is 0 Å². The summed E-state index contributed by atoms with van der Waals surface area (Å²) in [6.07, 6.45) is -4.38. The molecule has 1 amide bonds. The highest BCUT2D eigenvalue weighted by Crippen LogP contribution is 2.29. The number of halogens is 3. The number of hydrogen-bond donors (Lipinski definition) is 3. The maximum atomic E-state index is 12.4. The van der Waals surface area contributed by atoms with Crippen molar-refractivity contribution < 1.29 is 33.0 Å². The van der Waals surface area contributed by atoms with E-state index in [9.17, 15) is 27.9 Å². The number of allylic oxidation sites excluding steroid dienone is 1. The zero-order chi connectivity index (χ0) is 17.6. The van der Waals surface area contributed by atoms with Gasteiger partial charge in [-0.05, 0) is 30.5 Å². The van der Waals surface area contributed by atoms with Gasteiger partial charge in [0.25, 0.3) is 5.91 Å². The third-order valence-corrected chi connectivity index (χ3v) is 3.08. The first-order chi connectivity index (χ1) is 10.7. The van der Waals surface area contributed by atoms with Gasteiger partial charge in [0.1, 0.15) is 6.04 Å².